The van der Waals surface area contributed by atoms with Crippen LogP contribution in [0.15, 0.2) is 4.99 Å². The van der Waals surface area contributed by atoms with Crippen molar-refractivity contribution in [2.45, 2.75) is 64.5 Å². The number of hydrogen-bond acceptors (Lipinski definition) is 4. The minimum absolute atomic E-state index is 0. The highest BCUT2D eigenvalue weighted by Crippen LogP contribution is 2.21. The molecule has 166 valence electrons. The van der Waals surface area contributed by atoms with E-state index in [2.05, 4.69) is 46.3 Å². The van der Waals surface area contributed by atoms with Crippen LogP contribution in [0.1, 0.15) is 52.4 Å². The standard InChI is InChI=1S/C21H43N5O.HI/c1-18(2)16-26-13-14-27-20(17-26)15-24-21(22-3)23-11-8-12-25(4)19-9-6-5-7-10-19;/h18-20H,5-17H2,1-4H3,(H2,22,23,24);1H. The predicted molar refractivity (Wildman–Crippen MR) is 130 cm³/mol. The maximum atomic E-state index is 5.92. The Bertz CT molecular complexity index is 429. The molecule has 0 radical (unpaired) electrons. The summed E-state index contributed by atoms with van der Waals surface area (Å²) < 4.78 is 5.92. The molecule has 0 aromatic carbocycles. The van der Waals surface area contributed by atoms with Crippen molar-refractivity contribution in [1.29, 1.82) is 0 Å². The van der Waals surface area contributed by atoms with Crippen molar-refractivity contribution in [3.63, 3.8) is 0 Å². The lowest BCUT2D eigenvalue weighted by atomic mass is 9.94. The number of guanidine groups is 1. The first-order chi connectivity index (χ1) is 13.1. The van der Waals surface area contributed by atoms with Crippen molar-refractivity contribution in [3.8, 4) is 0 Å². The van der Waals surface area contributed by atoms with Gasteiger partial charge in [-0.25, -0.2) is 0 Å². The molecule has 1 saturated carbocycles. The maximum Gasteiger partial charge on any atom is 0.191 e. The summed E-state index contributed by atoms with van der Waals surface area (Å²) in [5.41, 5.74) is 0. The quantitative estimate of drug-likeness (QED) is 0.217. The maximum absolute atomic E-state index is 5.92. The topological polar surface area (TPSA) is 52.1 Å². The van der Waals surface area contributed by atoms with E-state index in [4.69, 9.17) is 4.74 Å². The molecule has 6 nitrogen and oxygen atoms in total. The fourth-order valence-electron chi connectivity index (χ4n) is 4.26. The third-order valence-corrected chi connectivity index (χ3v) is 5.75. The first-order valence-corrected chi connectivity index (χ1v) is 11.1. The minimum atomic E-state index is 0. The number of aliphatic imine (C=N–C) groups is 1. The lowest BCUT2D eigenvalue weighted by Gasteiger charge is -2.34. The van der Waals surface area contributed by atoms with Crippen molar-refractivity contribution in [1.82, 2.24) is 20.4 Å². The second-order valence-corrected chi connectivity index (χ2v) is 8.65. The molecule has 2 aliphatic rings. The van der Waals surface area contributed by atoms with E-state index >= 15 is 0 Å². The Morgan fingerprint density at radius 3 is 2.64 bits per heavy atom. The molecule has 28 heavy (non-hydrogen) atoms. The SMILES string of the molecule is CN=C(NCCCN(C)C1CCCCC1)NCC1CN(CC(C)C)CCO1.I. The molecule has 2 N–H and O–H groups in total. The third-order valence-electron chi connectivity index (χ3n) is 5.75. The molecule has 2 fully saturated rings. The Morgan fingerprint density at radius 1 is 1.21 bits per heavy atom. The summed E-state index contributed by atoms with van der Waals surface area (Å²) in [6.07, 6.45) is 8.38. The molecule has 0 aromatic rings. The van der Waals surface area contributed by atoms with Crippen LogP contribution in [-0.2, 0) is 4.74 Å². The fourth-order valence-corrected chi connectivity index (χ4v) is 4.26. The van der Waals surface area contributed by atoms with Crippen LogP contribution in [0, 0.1) is 5.92 Å². The number of hydrogen-bond donors (Lipinski definition) is 2. The van der Waals surface area contributed by atoms with Gasteiger partial charge in [0.15, 0.2) is 5.96 Å². The van der Waals surface area contributed by atoms with Gasteiger partial charge in [0, 0.05) is 45.8 Å². The van der Waals surface area contributed by atoms with Crippen molar-refractivity contribution in [3.05, 3.63) is 0 Å². The van der Waals surface area contributed by atoms with Gasteiger partial charge in [-0.15, -0.1) is 24.0 Å². The van der Waals surface area contributed by atoms with Crippen LogP contribution >= 0.6 is 24.0 Å². The zero-order valence-corrected chi connectivity index (χ0v) is 20.9. The first-order valence-electron chi connectivity index (χ1n) is 11.1. The van der Waals surface area contributed by atoms with Crippen LogP contribution in [0.25, 0.3) is 0 Å². The van der Waals surface area contributed by atoms with E-state index in [-0.39, 0.29) is 30.1 Å². The van der Waals surface area contributed by atoms with E-state index in [1.54, 1.807) is 0 Å². The van der Waals surface area contributed by atoms with Crippen LogP contribution in [0.4, 0.5) is 0 Å². The Balaban J connectivity index is 0.00000392. The third kappa shape index (κ3) is 10.1. The summed E-state index contributed by atoms with van der Waals surface area (Å²) in [4.78, 5) is 9.42. The van der Waals surface area contributed by atoms with Gasteiger partial charge in [0.1, 0.15) is 0 Å². The molecule has 1 atom stereocenters. The first kappa shape index (κ1) is 25.9. The van der Waals surface area contributed by atoms with Gasteiger partial charge in [-0.3, -0.25) is 9.89 Å². The lowest BCUT2D eigenvalue weighted by Crippen LogP contribution is -2.50. The van der Waals surface area contributed by atoms with Crippen LogP contribution in [0.2, 0.25) is 0 Å². The summed E-state index contributed by atoms with van der Waals surface area (Å²) in [6, 6.07) is 0.799. The Hall–Kier alpha value is -0.120. The van der Waals surface area contributed by atoms with Crippen LogP contribution in [0.5, 0.6) is 0 Å². The molecule has 0 bridgehead atoms. The molecule has 1 unspecified atom stereocenters. The predicted octanol–water partition coefficient (Wildman–Crippen LogP) is 2.78. The van der Waals surface area contributed by atoms with Gasteiger partial charge < -0.3 is 20.3 Å². The Labute approximate surface area is 190 Å². The van der Waals surface area contributed by atoms with Gasteiger partial charge in [-0.2, -0.15) is 0 Å². The summed E-state index contributed by atoms with van der Waals surface area (Å²) in [5.74, 6) is 1.60. The summed E-state index contributed by atoms with van der Waals surface area (Å²) in [5, 5.41) is 6.89. The summed E-state index contributed by atoms with van der Waals surface area (Å²) >= 11 is 0. The lowest BCUT2D eigenvalue weighted by molar-refractivity contribution is -0.0284. The second kappa shape index (κ2) is 14.8. The average Bonchev–Trinajstić information content (AvgIpc) is 2.67. The Kier molecular flexibility index (Phi) is 13.7. The van der Waals surface area contributed by atoms with Gasteiger partial charge >= 0.3 is 0 Å². The molecule has 2 rings (SSSR count). The van der Waals surface area contributed by atoms with Crippen molar-refractivity contribution in [2.75, 3.05) is 60.0 Å². The number of ether oxygens (including phenoxy) is 1. The molecule has 1 aliphatic heterocycles. The molecule has 0 spiro atoms. The van der Waals surface area contributed by atoms with Gasteiger partial charge in [0.25, 0.3) is 0 Å². The molecule has 1 aliphatic carbocycles. The zero-order chi connectivity index (χ0) is 19.5. The average molecular weight is 510 g/mol. The summed E-state index contributed by atoms with van der Waals surface area (Å²) in [7, 11) is 4.13. The normalized spacial score (nSPS) is 22.4. The minimum Gasteiger partial charge on any atom is -0.374 e. The van der Waals surface area contributed by atoms with E-state index in [9.17, 15) is 0 Å². The number of rotatable bonds is 9. The molecule has 0 amide bonds. The van der Waals surface area contributed by atoms with E-state index in [0.29, 0.717) is 5.92 Å². The van der Waals surface area contributed by atoms with Crippen molar-refractivity contribution in [2.24, 2.45) is 10.9 Å². The van der Waals surface area contributed by atoms with Gasteiger partial charge in [-0.1, -0.05) is 33.1 Å². The molecule has 7 heteroatoms. The largest absolute Gasteiger partial charge is 0.374 e. The molecular formula is C21H44IN5O. The Morgan fingerprint density at radius 2 is 1.96 bits per heavy atom. The fraction of sp³-hybridized carbons (Fsp3) is 0.952. The molecule has 0 aromatic heterocycles. The smallest absolute Gasteiger partial charge is 0.191 e. The second-order valence-electron chi connectivity index (χ2n) is 8.65. The van der Waals surface area contributed by atoms with Gasteiger partial charge in [0.2, 0.25) is 0 Å². The molecular weight excluding hydrogens is 465 g/mol. The van der Waals surface area contributed by atoms with E-state index in [1.807, 2.05) is 7.05 Å². The van der Waals surface area contributed by atoms with Crippen LogP contribution < -0.4 is 10.6 Å². The highest BCUT2D eigenvalue weighted by atomic mass is 127. The highest BCUT2D eigenvalue weighted by Gasteiger charge is 2.21. The number of halogens is 1. The van der Waals surface area contributed by atoms with Gasteiger partial charge in [0.05, 0.1) is 12.7 Å². The van der Waals surface area contributed by atoms with E-state index < -0.39 is 0 Å². The van der Waals surface area contributed by atoms with Gasteiger partial charge in [-0.05, 0) is 38.8 Å². The van der Waals surface area contributed by atoms with Crippen LogP contribution in [-0.4, -0.2) is 87.9 Å². The van der Waals surface area contributed by atoms with Crippen molar-refractivity contribution < 1.29 is 4.74 Å². The number of nitrogens with zero attached hydrogens (tertiary/aromatic N) is 3. The van der Waals surface area contributed by atoms with E-state index in [0.717, 1.165) is 64.3 Å². The number of morpholine rings is 1. The zero-order valence-electron chi connectivity index (χ0n) is 18.6. The molecule has 1 saturated heterocycles. The van der Waals surface area contributed by atoms with Crippen molar-refractivity contribution >= 4 is 29.9 Å². The highest BCUT2D eigenvalue weighted by molar-refractivity contribution is 14.0. The molecule has 1 heterocycles. The van der Waals surface area contributed by atoms with E-state index in [1.165, 1.54) is 32.1 Å². The number of nitrogens with one attached hydrogen (secondary N) is 2. The van der Waals surface area contributed by atoms with Crippen LogP contribution in [0.3, 0.4) is 0 Å². The monoisotopic (exact) mass is 509 g/mol. The summed E-state index contributed by atoms with van der Waals surface area (Å²) in [6.45, 7) is 11.5.